The molecule has 0 amide bonds. The molecular formula is C23H16N6O3. The van der Waals surface area contributed by atoms with Crippen molar-refractivity contribution in [3.63, 3.8) is 0 Å². The number of aromatic nitrogens is 4. The van der Waals surface area contributed by atoms with E-state index in [0.29, 0.717) is 22.5 Å². The molecule has 32 heavy (non-hydrogen) atoms. The highest BCUT2D eigenvalue weighted by Gasteiger charge is 2.26. The molecule has 9 nitrogen and oxygen atoms in total. The first-order valence-corrected chi connectivity index (χ1v) is 9.74. The molecule has 0 saturated heterocycles. The number of fused-ring (bicyclic) bond motifs is 2. The summed E-state index contributed by atoms with van der Waals surface area (Å²) in [7, 11) is 0. The molecule has 0 fully saturated rings. The van der Waals surface area contributed by atoms with Crippen molar-refractivity contribution in [2.45, 2.75) is 6.92 Å². The maximum atomic E-state index is 12.0. The van der Waals surface area contributed by atoms with Gasteiger partial charge in [0.2, 0.25) is 5.82 Å². The van der Waals surface area contributed by atoms with Gasteiger partial charge in [-0.15, -0.1) is 0 Å². The van der Waals surface area contributed by atoms with Gasteiger partial charge in [-0.05, 0) is 31.2 Å². The number of ether oxygens (including phenoxy) is 1. The van der Waals surface area contributed by atoms with E-state index in [-0.39, 0.29) is 17.4 Å². The smallest absolute Gasteiger partial charge is 0.373 e. The quantitative estimate of drug-likeness (QED) is 0.297. The van der Waals surface area contributed by atoms with E-state index in [4.69, 9.17) is 4.74 Å². The SMILES string of the molecule is Cc1ccc2cccc(Oc3ncnc(Nc4cccc5cccnc45)c3[N+](=O)[O-])c2n1. The maximum Gasteiger partial charge on any atom is 0.373 e. The third kappa shape index (κ3) is 3.52. The molecule has 5 aromatic rings. The fourth-order valence-electron chi connectivity index (χ4n) is 3.43. The van der Waals surface area contributed by atoms with Crippen LogP contribution in [0.4, 0.5) is 17.2 Å². The van der Waals surface area contributed by atoms with Crippen LogP contribution in [0.15, 0.2) is 73.2 Å². The highest BCUT2D eigenvalue weighted by molar-refractivity contribution is 5.92. The fourth-order valence-corrected chi connectivity index (χ4v) is 3.43. The molecule has 9 heteroatoms. The lowest BCUT2D eigenvalue weighted by molar-refractivity contribution is -0.385. The predicted molar refractivity (Wildman–Crippen MR) is 120 cm³/mol. The third-order valence-electron chi connectivity index (χ3n) is 4.89. The molecule has 0 aliphatic rings. The molecule has 3 aromatic heterocycles. The van der Waals surface area contributed by atoms with E-state index in [1.807, 2.05) is 49.4 Å². The molecule has 0 bridgehead atoms. The molecule has 1 N–H and O–H groups in total. The number of hydrogen-bond acceptors (Lipinski definition) is 8. The monoisotopic (exact) mass is 424 g/mol. The minimum absolute atomic E-state index is 0.00234. The Balaban J connectivity index is 1.59. The Kier molecular flexibility index (Phi) is 4.75. The van der Waals surface area contributed by atoms with Gasteiger partial charge in [-0.3, -0.25) is 15.1 Å². The first-order valence-electron chi connectivity index (χ1n) is 9.74. The van der Waals surface area contributed by atoms with Crippen LogP contribution in [0, 0.1) is 17.0 Å². The van der Waals surface area contributed by atoms with Crippen molar-refractivity contribution in [2.24, 2.45) is 0 Å². The average molecular weight is 424 g/mol. The molecule has 3 heterocycles. The second-order valence-corrected chi connectivity index (χ2v) is 7.02. The Bertz CT molecular complexity index is 1480. The van der Waals surface area contributed by atoms with Gasteiger partial charge in [0.05, 0.1) is 16.1 Å². The van der Waals surface area contributed by atoms with Crippen LogP contribution in [0.25, 0.3) is 21.8 Å². The molecule has 0 unspecified atom stereocenters. The number of nitrogens with zero attached hydrogens (tertiary/aromatic N) is 5. The Morgan fingerprint density at radius 3 is 2.53 bits per heavy atom. The van der Waals surface area contributed by atoms with Crippen molar-refractivity contribution in [1.82, 2.24) is 19.9 Å². The van der Waals surface area contributed by atoms with Gasteiger partial charge in [-0.2, -0.15) is 4.98 Å². The number of aryl methyl sites for hydroxylation is 1. The number of para-hydroxylation sites is 2. The van der Waals surface area contributed by atoms with Crippen LogP contribution in [-0.2, 0) is 0 Å². The van der Waals surface area contributed by atoms with Crippen LogP contribution in [0.3, 0.4) is 0 Å². The van der Waals surface area contributed by atoms with E-state index in [2.05, 4.69) is 25.3 Å². The van der Waals surface area contributed by atoms with Gasteiger partial charge in [0.15, 0.2) is 5.75 Å². The Hall–Kier alpha value is -4.66. The summed E-state index contributed by atoms with van der Waals surface area (Å²) in [4.78, 5) is 28.4. The summed E-state index contributed by atoms with van der Waals surface area (Å²) < 4.78 is 5.89. The van der Waals surface area contributed by atoms with Gasteiger partial charge in [-0.1, -0.05) is 36.4 Å². The lowest BCUT2D eigenvalue weighted by Gasteiger charge is -2.11. The molecule has 0 spiro atoms. The summed E-state index contributed by atoms with van der Waals surface area (Å²) >= 11 is 0. The van der Waals surface area contributed by atoms with E-state index in [1.54, 1.807) is 24.4 Å². The molecule has 0 aliphatic heterocycles. The highest BCUT2D eigenvalue weighted by Crippen LogP contribution is 2.38. The van der Waals surface area contributed by atoms with E-state index in [0.717, 1.165) is 16.5 Å². The maximum absolute atomic E-state index is 12.0. The van der Waals surface area contributed by atoms with Crippen molar-refractivity contribution in [3.05, 3.63) is 89.0 Å². The summed E-state index contributed by atoms with van der Waals surface area (Å²) in [5.74, 6) is 0.185. The highest BCUT2D eigenvalue weighted by atomic mass is 16.6. The van der Waals surface area contributed by atoms with Crippen LogP contribution < -0.4 is 10.1 Å². The zero-order valence-corrected chi connectivity index (χ0v) is 16.9. The molecular weight excluding hydrogens is 408 g/mol. The normalized spacial score (nSPS) is 10.9. The minimum atomic E-state index is -0.569. The molecule has 0 aliphatic carbocycles. The molecule has 5 rings (SSSR count). The van der Waals surface area contributed by atoms with Crippen molar-refractivity contribution in [1.29, 1.82) is 0 Å². The van der Waals surface area contributed by atoms with Crippen LogP contribution in [0.2, 0.25) is 0 Å². The average Bonchev–Trinajstić information content (AvgIpc) is 2.80. The lowest BCUT2D eigenvalue weighted by Crippen LogP contribution is -2.04. The summed E-state index contributed by atoms with van der Waals surface area (Å²) in [5, 5.41) is 16.7. The largest absolute Gasteiger partial charge is 0.431 e. The van der Waals surface area contributed by atoms with Crippen LogP contribution in [0.1, 0.15) is 5.69 Å². The summed E-state index contributed by atoms with van der Waals surface area (Å²) in [5.41, 5.74) is 2.26. The number of nitro groups is 1. The van der Waals surface area contributed by atoms with Gasteiger partial charge in [0, 0.05) is 22.7 Å². The second-order valence-electron chi connectivity index (χ2n) is 7.02. The molecule has 0 radical (unpaired) electrons. The van der Waals surface area contributed by atoms with Gasteiger partial charge < -0.3 is 10.1 Å². The Labute approximate surface area is 181 Å². The molecule has 2 aromatic carbocycles. The lowest BCUT2D eigenvalue weighted by atomic mass is 10.2. The van der Waals surface area contributed by atoms with Crippen LogP contribution in [0.5, 0.6) is 11.6 Å². The van der Waals surface area contributed by atoms with Gasteiger partial charge in [0.25, 0.3) is 0 Å². The van der Waals surface area contributed by atoms with E-state index in [9.17, 15) is 10.1 Å². The minimum Gasteiger partial charge on any atom is -0.431 e. The predicted octanol–water partition coefficient (Wildman–Crippen LogP) is 5.33. The number of rotatable bonds is 5. The van der Waals surface area contributed by atoms with Gasteiger partial charge >= 0.3 is 11.6 Å². The van der Waals surface area contributed by atoms with Gasteiger partial charge in [0.1, 0.15) is 11.8 Å². The summed E-state index contributed by atoms with van der Waals surface area (Å²) in [6, 6.07) is 18.4. The first kappa shape index (κ1) is 19.3. The number of anilines is 2. The zero-order chi connectivity index (χ0) is 22.1. The van der Waals surface area contributed by atoms with Crippen LogP contribution in [-0.4, -0.2) is 24.9 Å². The fraction of sp³-hybridized carbons (Fsp3) is 0.0435. The zero-order valence-electron chi connectivity index (χ0n) is 16.9. The van der Waals surface area contributed by atoms with E-state index in [1.165, 1.54) is 6.33 Å². The van der Waals surface area contributed by atoms with Crippen molar-refractivity contribution < 1.29 is 9.66 Å². The number of pyridine rings is 2. The molecule has 0 saturated carbocycles. The van der Waals surface area contributed by atoms with Crippen molar-refractivity contribution in [2.75, 3.05) is 5.32 Å². The molecule has 0 atom stereocenters. The number of nitrogens with one attached hydrogen (secondary N) is 1. The summed E-state index contributed by atoms with van der Waals surface area (Å²) in [6.45, 7) is 1.86. The van der Waals surface area contributed by atoms with Crippen LogP contribution >= 0.6 is 0 Å². The standard InChI is InChI=1S/C23H16N6O3/c1-14-10-11-16-6-3-9-18(20(16)27-14)32-23-21(29(30)31)22(25-13-26-23)28-17-8-2-5-15-7-4-12-24-19(15)17/h2-13H,1H3,(H,25,26,28). The van der Waals surface area contributed by atoms with Crippen molar-refractivity contribution in [3.8, 4) is 11.6 Å². The Morgan fingerprint density at radius 2 is 1.69 bits per heavy atom. The number of hydrogen-bond donors (Lipinski definition) is 1. The van der Waals surface area contributed by atoms with E-state index < -0.39 is 4.92 Å². The van der Waals surface area contributed by atoms with Crippen molar-refractivity contribution >= 4 is 39.0 Å². The summed E-state index contributed by atoms with van der Waals surface area (Å²) in [6.07, 6.45) is 2.87. The second kappa shape index (κ2) is 7.88. The first-order chi connectivity index (χ1) is 15.6. The number of benzene rings is 2. The van der Waals surface area contributed by atoms with E-state index >= 15 is 0 Å². The Morgan fingerprint density at radius 1 is 0.906 bits per heavy atom. The third-order valence-corrected chi connectivity index (χ3v) is 4.89. The molecule has 156 valence electrons. The van der Waals surface area contributed by atoms with Gasteiger partial charge in [-0.25, -0.2) is 9.97 Å². The topological polar surface area (TPSA) is 116 Å².